The quantitative estimate of drug-likeness (QED) is 0.0197. The van der Waals surface area contributed by atoms with Crippen LogP contribution in [0.2, 0.25) is 0 Å². The minimum Gasteiger partial charge on any atom is -0.462 e. The van der Waals surface area contributed by atoms with Gasteiger partial charge in [-0.15, -0.1) is 0 Å². The van der Waals surface area contributed by atoms with E-state index in [1.54, 1.807) is 0 Å². The topological polar surface area (TPSA) is 186 Å². The van der Waals surface area contributed by atoms with E-state index in [9.17, 15) is 37.9 Å². The highest BCUT2D eigenvalue weighted by molar-refractivity contribution is 7.85. The Balaban J connectivity index is 2.39. The Morgan fingerprint density at radius 3 is 1.44 bits per heavy atom. The molecule has 0 spiro atoms. The van der Waals surface area contributed by atoms with Crippen molar-refractivity contribution in [3.63, 3.8) is 0 Å². The highest BCUT2D eigenvalue weighted by Gasteiger charge is 2.46. The molecule has 12 nitrogen and oxygen atoms in total. The highest BCUT2D eigenvalue weighted by atomic mass is 32.2. The molecule has 1 heterocycles. The Labute approximate surface area is 382 Å². The van der Waals surface area contributed by atoms with Gasteiger partial charge in [-0.25, -0.2) is 0 Å². The van der Waals surface area contributed by atoms with Gasteiger partial charge in [-0.05, 0) is 51.4 Å². The van der Waals surface area contributed by atoms with E-state index in [0.717, 1.165) is 51.4 Å². The Hall–Kier alpha value is -2.13. The third kappa shape index (κ3) is 34.8. The predicted octanol–water partition coefficient (Wildman–Crippen LogP) is 11.0. The Morgan fingerprint density at radius 1 is 0.540 bits per heavy atom. The first-order valence-electron chi connectivity index (χ1n) is 25.0. The molecule has 0 bridgehead atoms. The van der Waals surface area contributed by atoms with Crippen LogP contribution < -0.4 is 0 Å². The van der Waals surface area contributed by atoms with Gasteiger partial charge in [0.15, 0.2) is 12.4 Å². The number of unbranched alkanes of at least 4 members (excludes halogenated alkanes) is 24. The minimum atomic E-state index is -4.61. The van der Waals surface area contributed by atoms with Crippen molar-refractivity contribution in [3.8, 4) is 0 Å². The number of ether oxygens (including phenoxy) is 4. The predicted molar refractivity (Wildman–Crippen MR) is 252 cm³/mol. The van der Waals surface area contributed by atoms with Crippen molar-refractivity contribution in [2.75, 3.05) is 19.0 Å². The lowest BCUT2D eigenvalue weighted by Gasteiger charge is -2.40. The first-order valence-corrected chi connectivity index (χ1v) is 26.7. The Kier molecular flexibility index (Phi) is 37.5. The van der Waals surface area contributed by atoms with Crippen molar-refractivity contribution in [3.05, 3.63) is 36.5 Å². The number of hydrogen-bond donors (Lipinski definition) is 4. The summed E-state index contributed by atoms with van der Waals surface area (Å²) < 4.78 is 54.1. The van der Waals surface area contributed by atoms with Gasteiger partial charge in [0.2, 0.25) is 0 Å². The number of esters is 2. The fourth-order valence-corrected chi connectivity index (χ4v) is 8.26. The summed E-state index contributed by atoms with van der Waals surface area (Å²) >= 11 is 0. The highest BCUT2D eigenvalue weighted by Crippen LogP contribution is 2.24. The summed E-state index contributed by atoms with van der Waals surface area (Å²) in [5.74, 6) is -2.02. The molecule has 0 saturated carbocycles. The molecule has 2 unspecified atom stereocenters. The normalized spacial score (nSPS) is 20.0. The molecule has 6 atom stereocenters. The summed E-state index contributed by atoms with van der Waals surface area (Å²) in [6, 6.07) is 0. The zero-order valence-electron chi connectivity index (χ0n) is 39.4. The van der Waals surface area contributed by atoms with Crippen LogP contribution in [0.5, 0.6) is 0 Å². The fourth-order valence-electron chi connectivity index (χ4n) is 7.57. The Bertz CT molecular complexity index is 1300. The van der Waals surface area contributed by atoms with E-state index in [2.05, 4.69) is 50.3 Å². The maximum Gasteiger partial charge on any atom is 0.306 e. The van der Waals surface area contributed by atoms with Gasteiger partial charge in [-0.2, -0.15) is 8.42 Å². The number of hydrogen-bond acceptors (Lipinski definition) is 11. The number of carbonyl (C=O) groups excluding carboxylic acids is 2. The average molecular weight is 915 g/mol. The van der Waals surface area contributed by atoms with Crippen molar-refractivity contribution in [2.24, 2.45) is 0 Å². The summed E-state index contributed by atoms with van der Waals surface area (Å²) in [5, 5.41) is 30.9. The molecule has 4 N–H and O–H groups in total. The van der Waals surface area contributed by atoms with Gasteiger partial charge in [-0.3, -0.25) is 14.1 Å². The molecule has 1 rings (SSSR count). The van der Waals surface area contributed by atoms with E-state index in [1.807, 2.05) is 0 Å². The zero-order valence-corrected chi connectivity index (χ0v) is 40.2. The molecule has 1 saturated heterocycles. The second kappa shape index (κ2) is 40.2. The SMILES string of the molecule is CCCCC/C=C/C/C=C/C/C=C/CCCCC(=O)O[C@H](COC(=O)CCCCCCCCCCCCCCCCCCCCCC)CO[C@H]1O[C@H](CS(=O)(=O)O)[C@@H](O)C(O)C1O. The summed E-state index contributed by atoms with van der Waals surface area (Å²) in [6.07, 6.45) is 37.6. The van der Waals surface area contributed by atoms with Crippen LogP contribution in [0.3, 0.4) is 0 Å². The van der Waals surface area contributed by atoms with Crippen LogP contribution in [0.1, 0.15) is 213 Å². The molecular formula is C50H90O12S. The molecule has 1 aliphatic rings. The summed E-state index contributed by atoms with van der Waals surface area (Å²) in [6.45, 7) is 3.72. The van der Waals surface area contributed by atoms with E-state index in [-0.39, 0.29) is 19.4 Å². The number of carbonyl (C=O) groups is 2. The molecule has 0 aromatic heterocycles. The summed E-state index contributed by atoms with van der Waals surface area (Å²) in [4.78, 5) is 25.5. The first kappa shape index (κ1) is 58.9. The summed E-state index contributed by atoms with van der Waals surface area (Å²) in [7, 11) is -4.61. The maximum absolute atomic E-state index is 12.8. The monoisotopic (exact) mass is 915 g/mol. The smallest absolute Gasteiger partial charge is 0.306 e. The van der Waals surface area contributed by atoms with Crippen LogP contribution in [0.15, 0.2) is 36.5 Å². The third-order valence-corrected chi connectivity index (χ3v) is 12.2. The van der Waals surface area contributed by atoms with Gasteiger partial charge >= 0.3 is 11.9 Å². The molecule has 0 aromatic rings. The molecular weight excluding hydrogens is 825 g/mol. The van der Waals surface area contributed by atoms with Crippen LogP contribution in [0, 0.1) is 0 Å². The van der Waals surface area contributed by atoms with Crippen LogP contribution in [0.25, 0.3) is 0 Å². The standard InChI is InChI=1S/C50H90O12S/c1-3-5-7-9-11-13-15-17-19-20-21-22-23-25-26-28-30-32-34-36-38-45(51)59-40-43(41-60-50-49(55)48(54)47(53)44(62-50)42-63(56,57)58)61-46(52)39-37-35-33-31-29-27-24-18-16-14-12-10-8-6-4-2/h12,14,18,24,29,31,43-44,47-50,53-55H,3-11,13,15-17,19-23,25-28,30,32-42H2,1-2H3,(H,56,57,58)/b14-12+,24-18+,31-29+/t43-,44-,47-,48?,49?,50+/m1/s1. The summed E-state index contributed by atoms with van der Waals surface area (Å²) in [5.41, 5.74) is 0. The van der Waals surface area contributed by atoms with Gasteiger partial charge in [0.25, 0.3) is 10.1 Å². The molecule has 0 radical (unpaired) electrons. The van der Waals surface area contributed by atoms with Crippen molar-refractivity contribution >= 4 is 22.1 Å². The lowest BCUT2D eigenvalue weighted by molar-refractivity contribution is -0.297. The third-order valence-electron chi connectivity index (χ3n) is 11.5. The number of allylic oxidation sites excluding steroid dienone is 6. The Morgan fingerprint density at radius 2 is 0.952 bits per heavy atom. The van der Waals surface area contributed by atoms with Crippen LogP contribution in [-0.4, -0.2) is 96.0 Å². The number of aliphatic hydroxyl groups excluding tert-OH is 3. The van der Waals surface area contributed by atoms with Crippen molar-refractivity contribution in [1.29, 1.82) is 0 Å². The van der Waals surface area contributed by atoms with E-state index in [4.69, 9.17) is 18.9 Å². The molecule has 63 heavy (non-hydrogen) atoms. The lowest BCUT2D eigenvalue weighted by Crippen LogP contribution is -2.60. The molecule has 0 aliphatic carbocycles. The van der Waals surface area contributed by atoms with Crippen molar-refractivity contribution in [2.45, 2.75) is 250 Å². The van der Waals surface area contributed by atoms with Gasteiger partial charge in [0, 0.05) is 12.8 Å². The van der Waals surface area contributed by atoms with Crippen LogP contribution in [0.4, 0.5) is 0 Å². The molecule has 1 aliphatic heterocycles. The van der Waals surface area contributed by atoms with Gasteiger partial charge in [-0.1, -0.05) is 185 Å². The van der Waals surface area contributed by atoms with E-state index in [0.29, 0.717) is 12.8 Å². The lowest BCUT2D eigenvalue weighted by atomic mass is 10.00. The number of aliphatic hydroxyl groups is 3. The molecule has 0 aromatic carbocycles. The average Bonchev–Trinajstić information content (AvgIpc) is 3.25. The van der Waals surface area contributed by atoms with Crippen LogP contribution >= 0.6 is 0 Å². The van der Waals surface area contributed by atoms with Crippen molar-refractivity contribution in [1.82, 2.24) is 0 Å². The maximum atomic E-state index is 12.8. The molecule has 13 heteroatoms. The van der Waals surface area contributed by atoms with E-state index >= 15 is 0 Å². The second-order valence-corrected chi connectivity index (χ2v) is 19.0. The van der Waals surface area contributed by atoms with E-state index in [1.165, 1.54) is 122 Å². The molecule has 0 amide bonds. The number of rotatable bonds is 42. The van der Waals surface area contributed by atoms with Gasteiger partial charge in [0.05, 0.1) is 6.61 Å². The molecule has 1 fully saturated rings. The first-order chi connectivity index (χ1) is 30.5. The minimum absolute atomic E-state index is 0.117. The second-order valence-electron chi connectivity index (χ2n) is 17.5. The molecule has 368 valence electrons. The largest absolute Gasteiger partial charge is 0.462 e. The fraction of sp³-hybridized carbons (Fsp3) is 0.840. The van der Waals surface area contributed by atoms with Crippen molar-refractivity contribution < 1.29 is 56.8 Å². The zero-order chi connectivity index (χ0) is 46.2. The van der Waals surface area contributed by atoms with Gasteiger partial charge in [0.1, 0.15) is 36.8 Å². The van der Waals surface area contributed by atoms with Crippen LogP contribution in [-0.2, 0) is 38.7 Å². The van der Waals surface area contributed by atoms with Gasteiger partial charge < -0.3 is 34.3 Å². The van der Waals surface area contributed by atoms with E-state index < -0.39 is 71.2 Å².